The minimum atomic E-state index is 0.248. The molecule has 2 fully saturated rings. The SMILES string of the molecule is Oc1ccc(CN2CCC(N3CCCCC3)CC2)nc1. The zero-order valence-corrected chi connectivity index (χ0v) is 12.2. The van der Waals surface area contributed by atoms with Gasteiger partial charge in [-0.3, -0.25) is 9.88 Å². The van der Waals surface area contributed by atoms with Gasteiger partial charge in [-0.2, -0.15) is 0 Å². The van der Waals surface area contributed by atoms with Crippen molar-refractivity contribution in [3.63, 3.8) is 0 Å². The molecule has 0 aromatic carbocycles. The van der Waals surface area contributed by atoms with Crippen molar-refractivity contribution in [3.8, 4) is 5.75 Å². The third kappa shape index (κ3) is 3.49. The first-order chi connectivity index (χ1) is 9.81. The van der Waals surface area contributed by atoms with Crippen molar-refractivity contribution in [2.45, 2.75) is 44.7 Å². The van der Waals surface area contributed by atoms with E-state index >= 15 is 0 Å². The zero-order chi connectivity index (χ0) is 13.8. The molecular weight excluding hydrogens is 250 g/mol. The van der Waals surface area contributed by atoms with Crippen LogP contribution in [0.15, 0.2) is 18.3 Å². The summed E-state index contributed by atoms with van der Waals surface area (Å²) < 4.78 is 0. The van der Waals surface area contributed by atoms with Crippen LogP contribution in [0.3, 0.4) is 0 Å². The lowest BCUT2D eigenvalue weighted by Gasteiger charge is -2.40. The van der Waals surface area contributed by atoms with Gasteiger partial charge in [-0.05, 0) is 50.9 Å². The van der Waals surface area contributed by atoms with E-state index in [2.05, 4.69) is 14.8 Å². The standard InChI is InChI=1S/C16H25N3O/c20-16-5-4-14(17-12-16)13-18-10-6-15(7-11-18)19-8-2-1-3-9-19/h4-5,12,15,20H,1-3,6-11,13H2. The second kappa shape index (κ2) is 6.55. The van der Waals surface area contributed by atoms with Crippen LogP contribution in [-0.2, 0) is 6.54 Å². The fraction of sp³-hybridized carbons (Fsp3) is 0.688. The maximum absolute atomic E-state index is 9.26. The van der Waals surface area contributed by atoms with E-state index in [-0.39, 0.29) is 5.75 Å². The van der Waals surface area contributed by atoms with Crippen LogP contribution in [-0.4, -0.2) is 52.1 Å². The van der Waals surface area contributed by atoms with E-state index in [0.717, 1.165) is 18.3 Å². The van der Waals surface area contributed by atoms with E-state index in [1.807, 2.05) is 6.07 Å². The summed E-state index contributed by atoms with van der Waals surface area (Å²) in [5.74, 6) is 0.248. The van der Waals surface area contributed by atoms with Crippen LogP contribution >= 0.6 is 0 Å². The molecule has 0 saturated carbocycles. The lowest BCUT2D eigenvalue weighted by atomic mass is 10.00. The average Bonchev–Trinajstić information content (AvgIpc) is 2.51. The van der Waals surface area contributed by atoms with Crippen LogP contribution in [0.25, 0.3) is 0 Å². The van der Waals surface area contributed by atoms with Gasteiger partial charge in [0.15, 0.2) is 0 Å². The van der Waals surface area contributed by atoms with Crippen LogP contribution in [0.2, 0.25) is 0 Å². The highest BCUT2D eigenvalue weighted by Gasteiger charge is 2.25. The second-order valence-corrected chi connectivity index (χ2v) is 6.11. The van der Waals surface area contributed by atoms with E-state index < -0.39 is 0 Å². The summed E-state index contributed by atoms with van der Waals surface area (Å²) >= 11 is 0. The number of pyridine rings is 1. The van der Waals surface area contributed by atoms with E-state index in [1.165, 1.54) is 64.5 Å². The largest absolute Gasteiger partial charge is 0.506 e. The first-order valence-corrected chi connectivity index (χ1v) is 7.91. The maximum atomic E-state index is 9.26. The average molecular weight is 275 g/mol. The lowest BCUT2D eigenvalue weighted by molar-refractivity contribution is 0.0891. The summed E-state index contributed by atoms with van der Waals surface area (Å²) in [4.78, 5) is 9.47. The van der Waals surface area contributed by atoms with Gasteiger partial charge >= 0.3 is 0 Å². The smallest absolute Gasteiger partial charge is 0.133 e. The highest BCUT2D eigenvalue weighted by molar-refractivity contribution is 5.17. The highest BCUT2D eigenvalue weighted by Crippen LogP contribution is 2.21. The van der Waals surface area contributed by atoms with Gasteiger partial charge < -0.3 is 10.0 Å². The van der Waals surface area contributed by atoms with Crippen molar-refractivity contribution in [1.29, 1.82) is 0 Å². The second-order valence-electron chi connectivity index (χ2n) is 6.11. The van der Waals surface area contributed by atoms with Gasteiger partial charge in [0.2, 0.25) is 0 Å². The summed E-state index contributed by atoms with van der Waals surface area (Å²) in [6.45, 7) is 5.87. The van der Waals surface area contributed by atoms with Crippen LogP contribution < -0.4 is 0 Å². The van der Waals surface area contributed by atoms with E-state index in [9.17, 15) is 5.11 Å². The quantitative estimate of drug-likeness (QED) is 0.918. The van der Waals surface area contributed by atoms with E-state index in [4.69, 9.17) is 0 Å². The Balaban J connectivity index is 1.47. The Kier molecular flexibility index (Phi) is 4.53. The van der Waals surface area contributed by atoms with Crippen molar-refractivity contribution in [2.24, 2.45) is 0 Å². The van der Waals surface area contributed by atoms with Gasteiger partial charge in [0, 0.05) is 25.7 Å². The summed E-state index contributed by atoms with van der Waals surface area (Å²) in [6, 6.07) is 4.45. The van der Waals surface area contributed by atoms with Gasteiger partial charge in [-0.1, -0.05) is 6.42 Å². The molecule has 0 atom stereocenters. The van der Waals surface area contributed by atoms with Gasteiger partial charge in [0.1, 0.15) is 5.75 Å². The van der Waals surface area contributed by atoms with Crippen molar-refractivity contribution < 1.29 is 5.11 Å². The monoisotopic (exact) mass is 275 g/mol. The van der Waals surface area contributed by atoms with Gasteiger partial charge in [0.05, 0.1) is 11.9 Å². The summed E-state index contributed by atoms with van der Waals surface area (Å²) in [6.07, 6.45) is 8.31. The van der Waals surface area contributed by atoms with Gasteiger partial charge in [-0.15, -0.1) is 0 Å². The molecule has 0 amide bonds. The van der Waals surface area contributed by atoms with Crippen molar-refractivity contribution in [3.05, 3.63) is 24.0 Å². The summed E-state index contributed by atoms with van der Waals surface area (Å²) in [5, 5.41) is 9.26. The number of piperidine rings is 2. The first-order valence-electron chi connectivity index (χ1n) is 7.91. The predicted octanol–water partition coefficient (Wildman–Crippen LogP) is 2.24. The third-order valence-electron chi connectivity index (χ3n) is 4.66. The molecule has 110 valence electrons. The number of rotatable bonds is 3. The van der Waals surface area contributed by atoms with Crippen LogP contribution in [0.5, 0.6) is 5.75 Å². The molecule has 2 saturated heterocycles. The Hall–Kier alpha value is -1.13. The molecule has 0 aliphatic carbocycles. The molecule has 0 radical (unpaired) electrons. The zero-order valence-electron chi connectivity index (χ0n) is 12.2. The van der Waals surface area contributed by atoms with Gasteiger partial charge in [-0.25, -0.2) is 0 Å². The van der Waals surface area contributed by atoms with Crippen LogP contribution in [0.1, 0.15) is 37.8 Å². The molecule has 1 aromatic rings. The van der Waals surface area contributed by atoms with E-state index in [1.54, 1.807) is 6.07 Å². The first kappa shape index (κ1) is 13.8. The minimum absolute atomic E-state index is 0.248. The molecule has 3 heterocycles. The highest BCUT2D eigenvalue weighted by atomic mass is 16.3. The number of hydrogen-bond donors (Lipinski definition) is 1. The van der Waals surface area contributed by atoms with Crippen LogP contribution in [0, 0.1) is 0 Å². The molecule has 2 aliphatic heterocycles. The molecule has 4 heteroatoms. The molecular formula is C16H25N3O. The molecule has 2 aliphatic rings. The molecule has 0 bridgehead atoms. The van der Waals surface area contributed by atoms with E-state index in [0.29, 0.717) is 0 Å². The Labute approximate surface area is 121 Å². The van der Waals surface area contributed by atoms with Gasteiger partial charge in [0.25, 0.3) is 0 Å². The van der Waals surface area contributed by atoms with Crippen molar-refractivity contribution >= 4 is 0 Å². The number of hydrogen-bond acceptors (Lipinski definition) is 4. The fourth-order valence-electron chi connectivity index (χ4n) is 3.47. The minimum Gasteiger partial charge on any atom is -0.506 e. The fourth-order valence-corrected chi connectivity index (χ4v) is 3.47. The Bertz CT molecular complexity index is 406. The molecule has 0 unspecified atom stereocenters. The molecule has 20 heavy (non-hydrogen) atoms. The lowest BCUT2D eigenvalue weighted by Crippen LogP contribution is -2.46. The number of likely N-dealkylation sites (tertiary alicyclic amines) is 2. The Morgan fingerprint density at radius 3 is 2.45 bits per heavy atom. The molecule has 1 aromatic heterocycles. The molecule has 3 rings (SSSR count). The summed E-state index contributed by atoms with van der Waals surface area (Å²) in [7, 11) is 0. The van der Waals surface area contributed by atoms with Crippen molar-refractivity contribution in [1.82, 2.24) is 14.8 Å². The number of aromatic nitrogens is 1. The number of aromatic hydroxyl groups is 1. The normalized spacial score (nSPS) is 23.0. The van der Waals surface area contributed by atoms with Crippen molar-refractivity contribution in [2.75, 3.05) is 26.2 Å². The number of nitrogens with zero attached hydrogens (tertiary/aromatic N) is 3. The maximum Gasteiger partial charge on any atom is 0.133 e. The topological polar surface area (TPSA) is 39.6 Å². The molecule has 1 N–H and O–H groups in total. The predicted molar refractivity (Wildman–Crippen MR) is 79.6 cm³/mol. The Morgan fingerprint density at radius 2 is 1.80 bits per heavy atom. The molecule has 4 nitrogen and oxygen atoms in total. The molecule has 0 spiro atoms. The third-order valence-corrected chi connectivity index (χ3v) is 4.66. The Morgan fingerprint density at radius 1 is 1.05 bits per heavy atom. The van der Waals surface area contributed by atoms with Crippen LogP contribution in [0.4, 0.5) is 0 Å². The summed E-state index contributed by atoms with van der Waals surface area (Å²) in [5.41, 5.74) is 1.05.